The first-order valence-corrected chi connectivity index (χ1v) is 8.66. The summed E-state index contributed by atoms with van der Waals surface area (Å²) in [5, 5.41) is 0. The van der Waals surface area contributed by atoms with Crippen molar-refractivity contribution in [2.24, 2.45) is 0 Å². The Morgan fingerprint density at radius 1 is 0.720 bits per heavy atom. The quantitative estimate of drug-likeness (QED) is 0.476. The second-order valence-corrected chi connectivity index (χ2v) is 6.59. The molecule has 0 saturated heterocycles. The maximum Gasteiger partial charge on any atom is 0.167 e. The molecule has 0 aliphatic rings. The molecular formula is C23H22F2. The number of benzene rings is 3. The molecule has 0 N–H and O–H groups in total. The van der Waals surface area contributed by atoms with Crippen molar-refractivity contribution < 1.29 is 8.78 Å². The van der Waals surface area contributed by atoms with E-state index in [-0.39, 0.29) is 5.56 Å². The first-order chi connectivity index (χ1) is 12.0. The van der Waals surface area contributed by atoms with Gasteiger partial charge in [-0.3, -0.25) is 0 Å². The summed E-state index contributed by atoms with van der Waals surface area (Å²) in [6.45, 7) is 6.26. The van der Waals surface area contributed by atoms with Gasteiger partial charge >= 0.3 is 0 Å². The summed E-state index contributed by atoms with van der Waals surface area (Å²) in [7, 11) is 0. The van der Waals surface area contributed by atoms with Crippen molar-refractivity contribution in [2.75, 3.05) is 0 Å². The molecule has 2 heteroatoms. The Labute approximate surface area is 148 Å². The van der Waals surface area contributed by atoms with Crippen molar-refractivity contribution in [1.82, 2.24) is 0 Å². The molecule has 0 fully saturated rings. The zero-order valence-electron chi connectivity index (χ0n) is 14.8. The van der Waals surface area contributed by atoms with Crippen LogP contribution in [0.5, 0.6) is 0 Å². The lowest BCUT2D eigenvalue weighted by Gasteiger charge is -2.12. The van der Waals surface area contributed by atoms with Gasteiger partial charge in [-0.25, -0.2) is 8.78 Å². The molecule has 1 unspecified atom stereocenters. The number of hydrogen-bond acceptors (Lipinski definition) is 0. The van der Waals surface area contributed by atoms with Crippen molar-refractivity contribution in [3.63, 3.8) is 0 Å². The molecule has 0 saturated carbocycles. The Bertz CT molecular complexity index is 862. The molecule has 0 amide bonds. The molecule has 3 aromatic carbocycles. The van der Waals surface area contributed by atoms with E-state index in [1.54, 1.807) is 12.1 Å². The SMILES string of the molecule is CCC(C)c1ccc(-c2ccc(-c3ccc(C)cc3)c(F)c2F)cc1. The van der Waals surface area contributed by atoms with Crippen LogP contribution in [0.15, 0.2) is 60.7 Å². The highest BCUT2D eigenvalue weighted by atomic mass is 19.2. The van der Waals surface area contributed by atoms with Crippen LogP contribution in [0.3, 0.4) is 0 Å². The smallest absolute Gasteiger partial charge is 0.167 e. The lowest BCUT2D eigenvalue weighted by Crippen LogP contribution is -1.95. The fourth-order valence-electron chi connectivity index (χ4n) is 2.96. The monoisotopic (exact) mass is 336 g/mol. The fourth-order valence-corrected chi connectivity index (χ4v) is 2.96. The third-order valence-corrected chi connectivity index (χ3v) is 4.85. The summed E-state index contributed by atoms with van der Waals surface area (Å²) in [4.78, 5) is 0. The van der Waals surface area contributed by atoms with E-state index in [4.69, 9.17) is 0 Å². The molecule has 0 spiro atoms. The normalized spacial score (nSPS) is 12.2. The first kappa shape index (κ1) is 17.3. The van der Waals surface area contributed by atoms with Crippen LogP contribution in [0.2, 0.25) is 0 Å². The Morgan fingerprint density at radius 3 is 1.60 bits per heavy atom. The summed E-state index contributed by atoms with van der Waals surface area (Å²) in [6.07, 6.45) is 1.05. The lowest BCUT2D eigenvalue weighted by atomic mass is 9.94. The van der Waals surface area contributed by atoms with Gasteiger partial charge in [-0.1, -0.05) is 80.1 Å². The summed E-state index contributed by atoms with van der Waals surface area (Å²) in [6, 6.07) is 18.5. The molecule has 1 atom stereocenters. The zero-order valence-corrected chi connectivity index (χ0v) is 14.8. The summed E-state index contributed by atoms with van der Waals surface area (Å²) >= 11 is 0. The number of halogens is 2. The second kappa shape index (κ2) is 7.18. The fraction of sp³-hybridized carbons (Fsp3) is 0.217. The highest BCUT2D eigenvalue weighted by Gasteiger charge is 2.16. The van der Waals surface area contributed by atoms with Crippen LogP contribution in [0.25, 0.3) is 22.3 Å². The van der Waals surface area contributed by atoms with Crippen molar-refractivity contribution in [3.8, 4) is 22.3 Å². The largest absolute Gasteiger partial charge is 0.203 e. The van der Waals surface area contributed by atoms with Gasteiger partial charge in [-0.05, 0) is 36.0 Å². The minimum absolute atomic E-state index is 0.289. The van der Waals surface area contributed by atoms with Crippen LogP contribution >= 0.6 is 0 Å². The van der Waals surface area contributed by atoms with Crippen molar-refractivity contribution >= 4 is 0 Å². The van der Waals surface area contributed by atoms with E-state index >= 15 is 0 Å². The summed E-state index contributed by atoms with van der Waals surface area (Å²) in [5.74, 6) is -1.14. The highest BCUT2D eigenvalue weighted by molar-refractivity contribution is 5.72. The Morgan fingerprint density at radius 2 is 1.16 bits per heavy atom. The topological polar surface area (TPSA) is 0 Å². The third-order valence-electron chi connectivity index (χ3n) is 4.85. The first-order valence-electron chi connectivity index (χ1n) is 8.66. The Hall–Kier alpha value is -2.48. The number of rotatable bonds is 4. The van der Waals surface area contributed by atoms with Crippen LogP contribution in [-0.4, -0.2) is 0 Å². The van der Waals surface area contributed by atoms with Gasteiger partial charge in [0.05, 0.1) is 0 Å². The molecule has 0 nitrogen and oxygen atoms in total. The minimum Gasteiger partial charge on any atom is -0.203 e. The van der Waals surface area contributed by atoms with E-state index in [0.29, 0.717) is 22.6 Å². The average molecular weight is 336 g/mol. The van der Waals surface area contributed by atoms with Gasteiger partial charge in [0.25, 0.3) is 0 Å². The van der Waals surface area contributed by atoms with E-state index in [1.807, 2.05) is 55.5 Å². The molecular weight excluding hydrogens is 314 g/mol. The Kier molecular flexibility index (Phi) is 4.98. The van der Waals surface area contributed by atoms with E-state index in [9.17, 15) is 8.78 Å². The molecule has 3 aromatic rings. The van der Waals surface area contributed by atoms with Crippen LogP contribution < -0.4 is 0 Å². The van der Waals surface area contributed by atoms with Crippen molar-refractivity contribution in [3.05, 3.63) is 83.4 Å². The molecule has 0 aliphatic carbocycles. The van der Waals surface area contributed by atoms with Gasteiger partial charge in [0.2, 0.25) is 0 Å². The standard InChI is InChI=1S/C23H22F2/c1-4-16(3)17-9-11-19(12-10-17)21-14-13-20(22(24)23(21)25)18-7-5-15(2)6-8-18/h5-14,16H,4H2,1-3H3. The van der Waals surface area contributed by atoms with Gasteiger partial charge < -0.3 is 0 Å². The van der Waals surface area contributed by atoms with E-state index in [1.165, 1.54) is 5.56 Å². The summed E-state index contributed by atoms with van der Waals surface area (Å²) < 4.78 is 29.3. The van der Waals surface area contributed by atoms with Crippen LogP contribution in [0.4, 0.5) is 8.78 Å². The number of hydrogen-bond donors (Lipinski definition) is 0. The maximum absolute atomic E-state index is 14.7. The molecule has 0 radical (unpaired) electrons. The van der Waals surface area contributed by atoms with Gasteiger partial charge in [0, 0.05) is 11.1 Å². The Balaban J connectivity index is 1.99. The average Bonchev–Trinajstić information content (AvgIpc) is 2.64. The predicted molar refractivity (Wildman–Crippen MR) is 101 cm³/mol. The maximum atomic E-state index is 14.7. The van der Waals surface area contributed by atoms with Crippen molar-refractivity contribution in [2.45, 2.75) is 33.1 Å². The van der Waals surface area contributed by atoms with Crippen LogP contribution in [-0.2, 0) is 0 Å². The molecule has 3 rings (SSSR count). The van der Waals surface area contributed by atoms with Gasteiger partial charge in [-0.15, -0.1) is 0 Å². The molecule has 25 heavy (non-hydrogen) atoms. The molecule has 0 heterocycles. The molecule has 0 aliphatic heterocycles. The van der Waals surface area contributed by atoms with E-state index in [0.717, 1.165) is 12.0 Å². The van der Waals surface area contributed by atoms with Crippen molar-refractivity contribution in [1.29, 1.82) is 0 Å². The zero-order chi connectivity index (χ0) is 18.0. The number of aryl methyl sites for hydroxylation is 1. The van der Waals surface area contributed by atoms with E-state index < -0.39 is 11.6 Å². The second-order valence-electron chi connectivity index (χ2n) is 6.59. The third kappa shape index (κ3) is 3.48. The van der Waals surface area contributed by atoms with E-state index in [2.05, 4.69) is 13.8 Å². The minimum atomic E-state index is -0.799. The molecule has 0 bridgehead atoms. The summed E-state index contributed by atoms with van der Waals surface area (Å²) in [5.41, 5.74) is 4.26. The van der Waals surface area contributed by atoms with Crippen LogP contribution in [0.1, 0.15) is 37.3 Å². The van der Waals surface area contributed by atoms with Crippen LogP contribution in [0, 0.1) is 18.6 Å². The molecule has 128 valence electrons. The predicted octanol–water partition coefficient (Wildman–Crippen LogP) is 7.12. The highest BCUT2D eigenvalue weighted by Crippen LogP contribution is 2.32. The van der Waals surface area contributed by atoms with Gasteiger partial charge in [-0.2, -0.15) is 0 Å². The van der Waals surface area contributed by atoms with Gasteiger partial charge in [0.15, 0.2) is 11.6 Å². The lowest BCUT2D eigenvalue weighted by molar-refractivity contribution is 0.514. The molecule has 0 aromatic heterocycles. The van der Waals surface area contributed by atoms with Gasteiger partial charge in [0.1, 0.15) is 0 Å².